The van der Waals surface area contributed by atoms with Crippen LogP contribution < -0.4 is 9.64 Å². The first-order chi connectivity index (χ1) is 11.9. The number of esters is 2. The number of carbonyl (C=O) groups is 3. The molecule has 1 aliphatic heterocycles. The number of aromatic carboxylic acids is 1. The van der Waals surface area contributed by atoms with Crippen molar-refractivity contribution in [2.45, 2.75) is 0 Å². The van der Waals surface area contributed by atoms with Crippen molar-refractivity contribution < 1.29 is 38.4 Å². The first kappa shape index (κ1) is 18.3. The molecule has 9 nitrogen and oxygen atoms in total. The Bertz CT molecular complexity index is 740. The highest BCUT2D eigenvalue weighted by Crippen LogP contribution is 2.31. The number of hydrogen-bond acceptors (Lipinski definition) is 8. The maximum Gasteiger partial charge on any atom is 0.355 e. The van der Waals surface area contributed by atoms with Gasteiger partial charge in [-0.3, -0.25) is 0 Å². The number of carboxylic acid groups (broad SMARTS) is 1. The van der Waals surface area contributed by atoms with E-state index in [1.54, 1.807) is 0 Å². The molecule has 0 bridgehead atoms. The van der Waals surface area contributed by atoms with Crippen LogP contribution in [0.2, 0.25) is 0 Å². The van der Waals surface area contributed by atoms with Gasteiger partial charge in [-0.1, -0.05) is 0 Å². The lowest BCUT2D eigenvalue weighted by molar-refractivity contribution is -0.140. The van der Waals surface area contributed by atoms with E-state index in [0.717, 1.165) is 7.11 Å². The Morgan fingerprint density at radius 3 is 2.36 bits per heavy atom. The van der Waals surface area contributed by atoms with E-state index in [0.29, 0.717) is 5.75 Å². The van der Waals surface area contributed by atoms with E-state index in [4.69, 9.17) is 14.2 Å². The third kappa shape index (κ3) is 3.56. The SMILES string of the molecule is COC(=O)C1=C(C(=O)OC)N(c2ccc(OC)cc2C(=O)O)COC1. The molecule has 0 unspecified atom stereocenters. The Kier molecular flexibility index (Phi) is 5.60. The minimum absolute atomic E-state index is 0.0623. The molecule has 0 amide bonds. The molecule has 0 aromatic heterocycles. The van der Waals surface area contributed by atoms with E-state index in [2.05, 4.69) is 4.74 Å². The highest BCUT2D eigenvalue weighted by molar-refractivity contribution is 6.05. The van der Waals surface area contributed by atoms with Crippen molar-refractivity contribution >= 4 is 23.6 Å². The summed E-state index contributed by atoms with van der Waals surface area (Å²) in [4.78, 5) is 37.0. The van der Waals surface area contributed by atoms with Crippen LogP contribution in [0.5, 0.6) is 5.75 Å². The largest absolute Gasteiger partial charge is 0.497 e. The zero-order valence-corrected chi connectivity index (χ0v) is 13.9. The van der Waals surface area contributed by atoms with Crippen molar-refractivity contribution in [3.05, 3.63) is 35.0 Å². The van der Waals surface area contributed by atoms with Crippen molar-refractivity contribution in [1.29, 1.82) is 0 Å². The molecule has 9 heteroatoms. The predicted octanol–water partition coefficient (Wildman–Crippen LogP) is 0.788. The Morgan fingerprint density at radius 2 is 1.80 bits per heavy atom. The molecular formula is C16H17NO8. The van der Waals surface area contributed by atoms with Crippen LogP contribution in [-0.4, -0.2) is 57.7 Å². The second-order valence-electron chi connectivity index (χ2n) is 4.90. The molecule has 2 rings (SSSR count). The molecule has 0 spiro atoms. The molecular weight excluding hydrogens is 334 g/mol. The summed E-state index contributed by atoms with van der Waals surface area (Å²) in [6.07, 6.45) is 0. The molecule has 1 aromatic carbocycles. The average Bonchev–Trinajstić information content (AvgIpc) is 2.65. The third-order valence-electron chi connectivity index (χ3n) is 3.56. The first-order valence-electron chi connectivity index (χ1n) is 7.11. The summed E-state index contributed by atoms with van der Waals surface area (Å²) in [5.41, 5.74) is -0.175. The Hall–Kier alpha value is -3.07. The molecule has 0 saturated carbocycles. The Labute approximate surface area is 143 Å². The van der Waals surface area contributed by atoms with Gasteiger partial charge in [0.15, 0.2) is 0 Å². The number of carbonyl (C=O) groups excluding carboxylic acids is 2. The molecule has 0 radical (unpaired) electrons. The van der Waals surface area contributed by atoms with Crippen molar-refractivity contribution in [2.75, 3.05) is 39.6 Å². The quantitative estimate of drug-likeness (QED) is 0.769. The zero-order valence-electron chi connectivity index (χ0n) is 13.9. The first-order valence-corrected chi connectivity index (χ1v) is 7.11. The van der Waals surface area contributed by atoms with Gasteiger partial charge in [-0.05, 0) is 18.2 Å². The standard InChI is InChI=1S/C16H17NO8/c1-22-9-4-5-12(10(6-9)14(18)19)17-8-25-7-11(15(20)23-2)13(17)16(21)24-3/h4-6H,7-8H2,1-3H3,(H,18,19). The van der Waals surface area contributed by atoms with Crippen molar-refractivity contribution in [3.63, 3.8) is 0 Å². The predicted molar refractivity (Wildman–Crippen MR) is 84.3 cm³/mol. The monoisotopic (exact) mass is 351 g/mol. The summed E-state index contributed by atoms with van der Waals surface area (Å²) in [5.74, 6) is -2.48. The smallest absolute Gasteiger partial charge is 0.355 e. The van der Waals surface area contributed by atoms with Gasteiger partial charge in [0.05, 0.1) is 44.8 Å². The van der Waals surface area contributed by atoms with E-state index in [-0.39, 0.29) is 35.9 Å². The van der Waals surface area contributed by atoms with Gasteiger partial charge in [-0.15, -0.1) is 0 Å². The van der Waals surface area contributed by atoms with Gasteiger partial charge < -0.3 is 29.0 Å². The number of carboxylic acids is 1. The third-order valence-corrected chi connectivity index (χ3v) is 3.56. The minimum Gasteiger partial charge on any atom is -0.497 e. The van der Waals surface area contributed by atoms with Gasteiger partial charge in [0, 0.05) is 0 Å². The summed E-state index contributed by atoms with van der Waals surface area (Å²) in [6.45, 7) is -0.302. The van der Waals surface area contributed by atoms with E-state index in [1.807, 2.05) is 0 Å². The molecule has 0 atom stereocenters. The van der Waals surface area contributed by atoms with Gasteiger partial charge >= 0.3 is 17.9 Å². The van der Waals surface area contributed by atoms with Crippen LogP contribution in [0.15, 0.2) is 29.5 Å². The number of hydrogen-bond donors (Lipinski definition) is 1. The fraction of sp³-hybridized carbons (Fsp3) is 0.312. The maximum absolute atomic E-state index is 12.2. The highest BCUT2D eigenvalue weighted by Gasteiger charge is 2.34. The van der Waals surface area contributed by atoms with Crippen molar-refractivity contribution in [1.82, 2.24) is 0 Å². The van der Waals surface area contributed by atoms with Crippen molar-refractivity contribution in [3.8, 4) is 5.75 Å². The normalized spacial score (nSPS) is 14.1. The summed E-state index contributed by atoms with van der Waals surface area (Å²) in [5, 5.41) is 9.47. The summed E-state index contributed by atoms with van der Waals surface area (Å²) in [7, 11) is 3.73. The highest BCUT2D eigenvalue weighted by atomic mass is 16.5. The maximum atomic E-state index is 12.2. The number of ether oxygens (including phenoxy) is 4. The van der Waals surface area contributed by atoms with Gasteiger partial charge in [0.25, 0.3) is 0 Å². The molecule has 1 aromatic rings. The molecule has 0 saturated heterocycles. The van der Waals surface area contributed by atoms with E-state index in [1.165, 1.54) is 37.3 Å². The van der Waals surface area contributed by atoms with Gasteiger partial charge in [-0.2, -0.15) is 0 Å². The topological polar surface area (TPSA) is 112 Å². The van der Waals surface area contributed by atoms with E-state index >= 15 is 0 Å². The minimum atomic E-state index is -1.23. The average molecular weight is 351 g/mol. The molecule has 0 aliphatic carbocycles. The van der Waals surface area contributed by atoms with Crippen molar-refractivity contribution in [2.24, 2.45) is 0 Å². The molecule has 25 heavy (non-hydrogen) atoms. The summed E-state index contributed by atoms with van der Waals surface area (Å²) >= 11 is 0. The van der Waals surface area contributed by atoms with Crippen LogP contribution in [0.4, 0.5) is 5.69 Å². The van der Waals surface area contributed by atoms with E-state index < -0.39 is 17.9 Å². The van der Waals surface area contributed by atoms with E-state index in [9.17, 15) is 19.5 Å². The van der Waals surface area contributed by atoms with Gasteiger partial charge in [0.1, 0.15) is 18.2 Å². The van der Waals surface area contributed by atoms with Crippen LogP contribution in [-0.2, 0) is 23.8 Å². The van der Waals surface area contributed by atoms with Crippen LogP contribution >= 0.6 is 0 Å². The lowest BCUT2D eigenvalue weighted by Gasteiger charge is -2.32. The van der Waals surface area contributed by atoms with Crippen LogP contribution in [0, 0.1) is 0 Å². The summed E-state index contributed by atoms with van der Waals surface area (Å²) < 4.78 is 19.8. The number of benzene rings is 1. The second kappa shape index (κ2) is 7.67. The van der Waals surface area contributed by atoms with Gasteiger partial charge in [0.2, 0.25) is 0 Å². The molecule has 0 fully saturated rings. The fourth-order valence-electron chi connectivity index (χ4n) is 2.38. The lowest BCUT2D eigenvalue weighted by atomic mass is 10.1. The molecule has 1 N–H and O–H groups in total. The molecule has 134 valence electrons. The second-order valence-corrected chi connectivity index (χ2v) is 4.90. The Morgan fingerprint density at radius 1 is 1.12 bits per heavy atom. The zero-order chi connectivity index (χ0) is 18.6. The molecule has 1 aliphatic rings. The summed E-state index contributed by atoms with van der Waals surface area (Å²) in [6, 6.07) is 4.29. The Balaban J connectivity index is 2.65. The lowest BCUT2D eigenvalue weighted by Crippen LogP contribution is -2.39. The van der Waals surface area contributed by atoms with Gasteiger partial charge in [-0.25, -0.2) is 14.4 Å². The number of nitrogens with zero attached hydrogens (tertiary/aromatic N) is 1. The number of rotatable bonds is 5. The van der Waals surface area contributed by atoms with Crippen LogP contribution in [0.3, 0.4) is 0 Å². The van der Waals surface area contributed by atoms with Crippen LogP contribution in [0.25, 0.3) is 0 Å². The number of methoxy groups -OCH3 is 3. The van der Waals surface area contributed by atoms with Crippen LogP contribution in [0.1, 0.15) is 10.4 Å². The fourth-order valence-corrected chi connectivity index (χ4v) is 2.38. The molecule has 1 heterocycles. The number of anilines is 1.